The average molecular weight is 514 g/mol. The van der Waals surface area contributed by atoms with Crippen LogP contribution in [0.4, 0.5) is 4.39 Å². The Bertz CT molecular complexity index is 826. The van der Waals surface area contributed by atoms with E-state index in [2.05, 4.69) is 20.6 Å². The van der Waals surface area contributed by atoms with Crippen LogP contribution in [0.3, 0.4) is 0 Å². The molecule has 2 N–H and O–H groups in total. The number of likely N-dealkylation sites (tertiary alicyclic amines) is 1. The second-order valence-corrected chi connectivity index (χ2v) is 6.77. The predicted molar refractivity (Wildman–Crippen MR) is 122 cm³/mol. The first-order chi connectivity index (χ1) is 13.6. The second kappa shape index (κ2) is 11.1. The first-order valence-corrected chi connectivity index (χ1v) is 9.70. The van der Waals surface area contributed by atoms with Gasteiger partial charge in [0.15, 0.2) is 5.96 Å². The van der Waals surface area contributed by atoms with E-state index in [4.69, 9.17) is 0 Å². The molecule has 0 saturated carbocycles. The van der Waals surface area contributed by atoms with Gasteiger partial charge in [0.1, 0.15) is 5.82 Å². The number of rotatable bonds is 6. The number of carbonyl (C=O) groups excluding carboxylic acids is 1. The average Bonchev–Trinajstić information content (AvgIpc) is 3.38. The van der Waals surface area contributed by atoms with E-state index in [1.165, 1.54) is 6.07 Å². The molecule has 9 heteroatoms. The van der Waals surface area contributed by atoms with Crippen LogP contribution in [0.25, 0.3) is 5.69 Å². The molecule has 1 aromatic carbocycles. The monoisotopic (exact) mass is 514 g/mol. The fourth-order valence-corrected chi connectivity index (χ4v) is 3.27. The van der Waals surface area contributed by atoms with Gasteiger partial charge < -0.3 is 20.1 Å². The molecule has 2 heterocycles. The zero-order chi connectivity index (χ0) is 19.9. The number of imidazole rings is 1. The van der Waals surface area contributed by atoms with Crippen molar-refractivity contribution >= 4 is 35.8 Å². The molecule has 1 fully saturated rings. The molecule has 0 spiro atoms. The Hall–Kier alpha value is -2.17. The molecule has 29 heavy (non-hydrogen) atoms. The molecule has 0 radical (unpaired) electrons. The van der Waals surface area contributed by atoms with Gasteiger partial charge in [0.2, 0.25) is 5.91 Å². The van der Waals surface area contributed by atoms with E-state index in [1.54, 1.807) is 29.4 Å². The van der Waals surface area contributed by atoms with Crippen LogP contribution in [0.15, 0.2) is 41.9 Å². The molecule has 158 valence electrons. The standard InChI is InChI=1S/C20H27FN6O.HI/c1-3-19(28)26-9-7-16(13-26)25-20(23-4-2)24-12-15-5-6-18(17(21)11-15)27-10-8-22-14-27;/h5-6,8,10-11,14,16H,3-4,7,9,12-13H2,1-2H3,(H2,23,24,25);1H. The van der Waals surface area contributed by atoms with E-state index in [-0.39, 0.29) is 41.7 Å². The highest BCUT2D eigenvalue weighted by Crippen LogP contribution is 2.16. The summed E-state index contributed by atoms with van der Waals surface area (Å²) in [5.74, 6) is 0.547. The molecule has 1 unspecified atom stereocenters. The van der Waals surface area contributed by atoms with Crippen LogP contribution in [0, 0.1) is 5.82 Å². The van der Waals surface area contributed by atoms with Crippen LogP contribution in [0.2, 0.25) is 0 Å². The summed E-state index contributed by atoms with van der Waals surface area (Å²) in [5, 5.41) is 6.60. The zero-order valence-electron chi connectivity index (χ0n) is 16.8. The third kappa shape index (κ3) is 6.15. The number of guanidine groups is 1. The van der Waals surface area contributed by atoms with Crippen LogP contribution >= 0.6 is 24.0 Å². The van der Waals surface area contributed by atoms with Gasteiger partial charge in [0.05, 0.1) is 18.6 Å². The van der Waals surface area contributed by atoms with Crippen molar-refractivity contribution in [1.29, 1.82) is 0 Å². The lowest BCUT2D eigenvalue weighted by Gasteiger charge is -2.18. The Morgan fingerprint density at radius 3 is 2.86 bits per heavy atom. The predicted octanol–water partition coefficient (Wildman–Crippen LogP) is 2.70. The molecule has 1 aromatic heterocycles. The van der Waals surface area contributed by atoms with E-state index < -0.39 is 0 Å². The Kier molecular flexibility index (Phi) is 8.87. The molecular formula is C20H28FIN6O. The van der Waals surface area contributed by atoms with Crippen LogP contribution in [0.5, 0.6) is 0 Å². The minimum Gasteiger partial charge on any atom is -0.357 e. The molecule has 0 aliphatic carbocycles. The highest BCUT2D eigenvalue weighted by Gasteiger charge is 2.25. The maximum absolute atomic E-state index is 14.4. The zero-order valence-corrected chi connectivity index (χ0v) is 19.1. The number of nitrogens with one attached hydrogen (secondary N) is 2. The minimum absolute atomic E-state index is 0. The lowest BCUT2D eigenvalue weighted by atomic mass is 10.2. The number of carbonyl (C=O) groups is 1. The van der Waals surface area contributed by atoms with Gasteiger partial charge in [-0.1, -0.05) is 13.0 Å². The van der Waals surface area contributed by atoms with Gasteiger partial charge in [-0.2, -0.15) is 0 Å². The molecule has 1 atom stereocenters. The Balaban J connectivity index is 0.00000300. The van der Waals surface area contributed by atoms with Crippen LogP contribution < -0.4 is 10.6 Å². The summed E-state index contributed by atoms with van der Waals surface area (Å²) in [6.45, 7) is 6.42. The molecule has 1 aliphatic rings. The first kappa shape index (κ1) is 23.1. The Morgan fingerprint density at radius 1 is 1.38 bits per heavy atom. The molecule has 7 nitrogen and oxygen atoms in total. The van der Waals surface area contributed by atoms with Crippen molar-refractivity contribution in [2.75, 3.05) is 19.6 Å². The number of hydrogen-bond acceptors (Lipinski definition) is 3. The van der Waals surface area contributed by atoms with Crippen molar-refractivity contribution < 1.29 is 9.18 Å². The summed E-state index contributed by atoms with van der Waals surface area (Å²) >= 11 is 0. The number of aromatic nitrogens is 2. The Labute approximate surface area is 187 Å². The third-order valence-corrected chi connectivity index (χ3v) is 4.74. The summed E-state index contributed by atoms with van der Waals surface area (Å²) in [6.07, 6.45) is 6.31. The van der Waals surface area contributed by atoms with Crippen LogP contribution in [-0.4, -0.2) is 52.0 Å². The molecule has 1 saturated heterocycles. The second-order valence-electron chi connectivity index (χ2n) is 6.77. The van der Waals surface area contributed by atoms with Gasteiger partial charge in [-0.25, -0.2) is 14.4 Å². The highest BCUT2D eigenvalue weighted by atomic mass is 127. The quantitative estimate of drug-likeness (QED) is 0.353. The number of aliphatic imine (C=N–C) groups is 1. The van der Waals surface area contributed by atoms with E-state index >= 15 is 0 Å². The maximum atomic E-state index is 14.4. The molecule has 0 bridgehead atoms. The van der Waals surface area contributed by atoms with Crippen LogP contribution in [0.1, 0.15) is 32.3 Å². The van der Waals surface area contributed by atoms with Crippen molar-refractivity contribution in [2.24, 2.45) is 4.99 Å². The van der Waals surface area contributed by atoms with Gasteiger partial charge in [0.25, 0.3) is 0 Å². The molecular weight excluding hydrogens is 486 g/mol. The van der Waals surface area contributed by atoms with E-state index in [0.717, 1.165) is 25.1 Å². The van der Waals surface area contributed by atoms with Gasteiger partial charge in [-0.15, -0.1) is 24.0 Å². The number of hydrogen-bond donors (Lipinski definition) is 2. The van der Waals surface area contributed by atoms with E-state index in [9.17, 15) is 9.18 Å². The summed E-state index contributed by atoms with van der Waals surface area (Å²) in [7, 11) is 0. The highest BCUT2D eigenvalue weighted by molar-refractivity contribution is 14.0. The number of halogens is 2. The van der Waals surface area contributed by atoms with Crippen molar-refractivity contribution in [3.8, 4) is 5.69 Å². The number of nitrogens with zero attached hydrogens (tertiary/aromatic N) is 4. The summed E-state index contributed by atoms with van der Waals surface area (Å²) in [4.78, 5) is 22.2. The smallest absolute Gasteiger partial charge is 0.222 e. The van der Waals surface area contributed by atoms with Crippen molar-refractivity contribution in [3.63, 3.8) is 0 Å². The van der Waals surface area contributed by atoms with Crippen molar-refractivity contribution in [3.05, 3.63) is 48.3 Å². The molecule has 1 amide bonds. The lowest BCUT2D eigenvalue weighted by molar-refractivity contribution is -0.129. The van der Waals surface area contributed by atoms with E-state index in [0.29, 0.717) is 31.2 Å². The Morgan fingerprint density at radius 2 is 2.21 bits per heavy atom. The lowest BCUT2D eigenvalue weighted by Crippen LogP contribution is -2.45. The largest absolute Gasteiger partial charge is 0.357 e. The van der Waals surface area contributed by atoms with Crippen molar-refractivity contribution in [2.45, 2.75) is 39.3 Å². The van der Waals surface area contributed by atoms with Crippen LogP contribution in [-0.2, 0) is 11.3 Å². The van der Waals surface area contributed by atoms with Gasteiger partial charge in [-0.05, 0) is 31.0 Å². The van der Waals surface area contributed by atoms with E-state index in [1.807, 2.05) is 24.8 Å². The minimum atomic E-state index is -0.312. The summed E-state index contributed by atoms with van der Waals surface area (Å²) in [5.41, 5.74) is 1.25. The summed E-state index contributed by atoms with van der Waals surface area (Å²) < 4.78 is 16.0. The first-order valence-electron chi connectivity index (χ1n) is 9.70. The van der Waals surface area contributed by atoms with Gasteiger partial charge in [-0.3, -0.25) is 4.79 Å². The maximum Gasteiger partial charge on any atom is 0.222 e. The molecule has 1 aliphatic heterocycles. The van der Waals surface area contributed by atoms with Gasteiger partial charge in [0, 0.05) is 44.5 Å². The normalized spacial score (nSPS) is 16.4. The summed E-state index contributed by atoms with van der Waals surface area (Å²) in [6, 6.07) is 5.27. The molecule has 2 aromatic rings. The van der Waals surface area contributed by atoms with Crippen molar-refractivity contribution in [1.82, 2.24) is 25.1 Å². The third-order valence-electron chi connectivity index (χ3n) is 4.74. The SMILES string of the molecule is CCNC(=NCc1ccc(-n2ccnc2)c(F)c1)NC1CCN(C(=O)CC)C1.I. The topological polar surface area (TPSA) is 74.6 Å². The van der Waals surface area contributed by atoms with Gasteiger partial charge >= 0.3 is 0 Å². The fraction of sp³-hybridized carbons (Fsp3) is 0.450. The number of benzene rings is 1. The number of amides is 1. The fourth-order valence-electron chi connectivity index (χ4n) is 3.27. The molecule has 3 rings (SSSR count).